The van der Waals surface area contributed by atoms with E-state index in [-0.39, 0.29) is 35.7 Å². The van der Waals surface area contributed by atoms with Gasteiger partial charge in [-0.05, 0) is 42.0 Å². The van der Waals surface area contributed by atoms with Crippen molar-refractivity contribution in [2.45, 2.75) is 43.1 Å². The number of carbonyl (C=O) groups is 1. The van der Waals surface area contributed by atoms with Crippen LogP contribution in [0.3, 0.4) is 0 Å². The summed E-state index contributed by atoms with van der Waals surface area (Å²) in [5.74, 6) is -0.374. The number of aromatic amines is 1. The van der Waals surface area contributed by atoms with Gasteiger partial charge in [0.15, 0.2) is 29.3 Å². The van der Waals surface area contributed by atoms with Crippen molar-refractivity contribution in [2.24, 2.45) is 5.92 Å². The zero-order chi connectivity index (χ0) is 30.6. The average Bonchev–Trinajstić information content (AvgIpc) is 3.65. The summed E-state index contributed by atoms with van der Waals surface area (Å²) in [6, 6.07) is 13.0. The number of thioether (sulfide) groups is 1. The van der Waals surface area contributed by atoms with E-state index >= 15 is 0 Å². The van der Waals surface area contributed by atoms with E-state index in [2.05, 4.69) is 9.72 Å². The number of halogens is 4. The van der Waals surface area contributed by atoms with Gasteiger partial charge in [0.05, 0.1) is 12.4 Å². The van der Waals surface area contributed by atoms with E-state index in [0.29, 0.717) is 45.0 Å². The van der Waals surface area contributed by atoms with Crippen molar-refractivity contribution < 1.29 is 46.7 Å². The molecule has 0 radical (unpaired) electrons. The molecule has 2 fully saturated rings. The number of nitrogens with zero attached hydrogens (tertiary/aromatic N) is 1. The zero-order valence-electron chi connectivity index (χ0n) is 23.2. The molecule has 0 amide bonds. The van der Waals surface area contributed by atoms with E-state index in [1.165, 1.54) is 30.6 Å². The minimum absolute atomic E-state index is 0. The quantitative estimate of drug-likeness (QED) is 0.208. The maximum absolute atomic E-state index is 13.6. The summed E-state index contributed by atoms with van der Waals surface area (Å²) < 4.78 is 70.5. The second kappa shape index (κ2) is 15.1. The highest BCUT2D eigenvalue weighted by Gasteiger charge is 2.41. The lowest BCUT2D eigenvalue weighted by atomic mass is 10.0. The number of rotatable bonds is 13. The van der Waals surface area contributed by atoms with Crippen LogP contribution in [0.1, 0.15) is 35.6 Å². The summed E-state index contributed by atoms with van der Waals surface area (Å²) in [5.41, 5.74) is 1.47. The van der Waals surface area contributed by atoms with E-state index < -0.39 is 34.1 Å². The van der Waals surface area contributed by atoms with Gasteiger partial charge in [-0.25, -0.2) is 18.2 Å². The number of sulfonamides is 1. The Morgan fingerprint density at radius 2 is 1.77 bits per heavy atom. The lowest BCUT2D eigenvalue weighted by molar-refractivity contribution is -0.377. The molecule has 2 N–H and O–H groups in total. The molecular formula is C29H30Cl2F2N2O7S2. The zero-order valence-corrected chi connectivity index (χ0v) is 26.3. The van der Waals surface area contributed by atoms with E-state index in [1.54, 1.807) is 30.3 Å². The molecule has 3 aromatic rings. The van der Waals surface area contributed by atoms with Crippen molar-refractivity contribution in [2.75, 3.05) is 18.9 Å². The molecule has 44 heavy (non-hydrogen) atoms. The molecule has 0 spiro atoms. The first-order chi connectivity index (χ1) is 20.6. The molecule has 9 nitrogen and oxygen atoms in total. The number of pyridine rings is 1. The van der Waals surface area contributed by atoms with Crippen LogP contribution < -0.4 is 14.5 Å². The fourth-order valence-electron chi connectivity index (χ4n) is 4.60. The maximum Gasteiger partial charge on any atom is 0.387 e. The molecule has 2 heterocycles. The molecule has 1 aromatic heterocycles. The molecule has 1 aliphatic heterocycles. The van der Waals surface area contributed by atoms with Gasteiger partial charge < -0.3 is 19.7 Å². The van der Waals surface area contributed by atoms with Gasteiger partial charge in [0, 0.05) is 24.3 Å². The van der Waals surface area contributed by atoms with Crippen molar-refractivity contribution in [3.63, 3.8) is 0 Å². The predicted octanol–water partition coefficient (Wildman–Crippen LogP) is 5.75. The molecule has 1 saturated carbocycles. The highest BCUT2D eigenvalue weighted by molar-refractivity contribution is 8.01. The molecule has 238 valence electrons. The van der Waals surface area contributed by atoms with Gasteiger partial charge in [-0.1, -0.05) is 59.6 Å². The first-order valence-corrected chi connectivity index (χ1v) is 16.9. The summed E-state index contributed by atoms with van der Waals surface area (Å²) in [6.07, 6.45) is 4.01. The second-order valence-electron chi connectivity index (χ2n) is 10.2. The summed E-state index contributed by atoms with van der Waals surface area (Å²) in [4.78, 5) is 16.5. The largest absolute Gasteiger partial charge is 0.870 e. The molecule has 2 aliphatic rings. The Morgan fingerprint density at radius 3 is 2.43 bits per heavy atom. The predicted molar refractivity (Wildman–Crippen MR) is 161 cm³/mol. The van der Waals surface area contributed by atoms with Gasteiger partial charge in [0.25, 0.3) is 0 Å². The molecular weight excluding hydrogens is 661 g/mol. The van der Waals surface area contributed by atoms with Crippen LogP contribution >= 0.6 is 35.0 Å². The number of nitrogens with one attached hydrogen (secondary N) is 1. The minimum atomic E-state index is -3.86. The number of hydrogen-bond donors (Lipinski definition) is 0. The van der Waals surface area contributed by atoms with Crippen LogP contribution in [0.15, 0.2) is 60.9 Å². The topological polar surface area (TPSA) is 126 Å². The van der Waals surface area contributed by atoms with Crippen LogP contribution in [-0.4, -0.2) is 55.1 Å². The number of aromatic nitrogens is 1. The first kappa shape index (κ1) is 34.2. The van der Waals surface area contributed by atoms with Gasteiger partial charge in [-0.3, -0.25) is 0 Å². The Morgan fingerprint density at radius 1 is 1.07 bits per heavy atom. The van der Waals surface area contributed by atoms with E-state index in [1.807, 2.05) is 0 Å². The summed E-state index contributed by atoms with van der Waals surface area (Å²) in [5, 5.41) is -0.532. The van der Waals surface area contributed by atoms with Crippen LogP contribution in [0.25, 0.3) is 0 Å². The van der Waals surface area contributed by atoms with Crippen LogP contribution in [0.5, 0.6) is 11.5 Å². The van der Waals surface area contributed by atoms with Crippen molar-refractivity contribution in [1.82, 2.24) is 4.31 Å². The Bertz CT molecular complexity index is 1530. The van der Waals surface area contributed by atoms with Crippen molar-refractivity contribution >= 4 is 51.0 Å². The molecule has 0 bridgehead atoms. The van der Waals surface area contributed by atoms with Crippen molar-refractivity contribution in [1.29, 1.82) is 0 Å². The highest BCUT2D eigenvalue weighted by atomic mass is 35.5. The third-order valence-corrected chi connectivity index (χ3v) is 10.8. The first-order valence-electron chi connectivity index (χ1n) is 13.5. The monoisotopic (exact) mass is 690 g/mol. The third kappa shape index (κ3) is 8.73. The maximum atomic E-state index is 13.6. The molecule has 5 rings (SSSR count). The van der Waals surface area contributed by atoms with Crippen LogP contribution in [0.4, 0.5) is 8.78 Å². The SMILES string of the molecule is O=C(O[C@@H](Cc1c(Cl)c[nH+]cc1Cl)c1ccc(OC(F)F)c(OCC2CC2)c1)[C@@H]1SCCN1S(=O)(=O)Cc1ccccc1.[OH-]. The van der Waals surface area contributed by atoms with Crippen molar-refractivity contribution in [3.8, 4) is 11.5 Å². The lowest BCUT2D eigenvalue weighted by Gasteiger charge is -2.26. The second-order valence-corrected chi connectivity index (χ2v) is 14.1. The van der Waals surface area contributed by atoms with Crippen LogP contribution in [0.2, 0.25) is 10.0 Å². The van der Waals surface area contributed by atoms with Gasteiger partial charge in [-0.15, -0.1) is 11.8 Å². The molecule has 2 atom stereocenters. The van der Waals surface area contributed by atoms with E-state index in [4.69, 9.17) is 32.7 Å². The number of alkyl halides is 2. The fraction of sp³-hybridized carbons (Fsp3) is 0.379. The fourth-order valence-corrected chi connectivity index (χ4v) is 8.34. The lowest BCUT2D eigenvalue weighted by Crippen LogP contribution is -2.41. The van der Waals surface area contributed by atoms with E-state index in [9.17, 15) is 22.0 Å². The van der Waals surface area contributed by atoms with Crippen LogP contribution in [-0.2, 0) is 31.7 Å². The van der Waals surface area contributed by atoms with Gasteiger partial charge in [0.2, 0.25) is 10.0 Å². The third-order valence-electron chi connectivity index (χ3n) is 6.97. The number of carbonyl (C=O) groups excluding carboxylic acids is 1. The summed E-state index contributed by atoms with van der Waals surface area (Å²) in [6.45, 7) is -2.59. The molecule has 1 aliphatic carbocycles. The highest BCUT2D eigenvalue weighted by Crippen LogP contribution is 2.39. The number of H-pyrrole nitrogens is 1. The van der Waals surface area contributed by atoms with Gasteiger partial charge in [-0.2, -0.15) is 13.1 Å². The minimum Gasteiger partial charge on any atom is -0.870 e. The summed E-state index contributed by atoms with van der Waals surface area (Å²) >= 11 is 14.0. The molecule has 0 unspecified atom stereocenters. The number of benzene rings is 2. The number of esters is 1. The molecule has 1 saturated heterocycles. The number of ether oxygens (including phenoxy) is 3. The van der Waals surface area contributed by atoms with Gasteiger partial charge >= 0.3 is 12.6 Å². The number of hydrogen-bond acceptors (Lipinski definition) is 8. The van der Waals surface area contributed by atoms with Gasteiger partial charge in [0.1, 0.15) is 16.1 Å². The van der Waals surface area contributed by atoms with Crippen molar-refractivity contribution in [3.05, 3.63) is 87.7 Å². The Balaban J connectivity index is 0.00000442. The standard InChI is InChI=1S/C29H28Cl2F2N2O6S2.H2O/c30-22-14-34-15-23(31)21(22)13-25(20-8-9-24(41-29(32)33)26(12-20)39-16-18-6-7-18)40-28(36)27-35(10-11-42-27)43(37,38)17-19-4-2-1-3-5-19;/h1-5,8-9,12,14-15,18,25,27,29H,6-7,10-11,13,16-17H2;1H2/t25-,27-;/m0./s1. The normalized spacial score (nSPS) is 17.6. The molecule has 2 aromatic carbocycles. The van der Waals surface area contributed by atoms with E-state index in [0.717, 1.165) is 28.9 Å². The Hall–Kier alpha value is -2.68. The van der Waals surface area contributed by atoms with Crippen LogP contribution in [0, 0.1) is 5.92 Å². The summed E-state index contributed by atoms with van der Waals surface area (Å²) in [7, 11) is -3.86. The Kier molecular flexibility index (Phi) is 11.7. The Labute approximate surface area is 268 Å². The average molecular weight is 692 g/mol. The smallest absolute Gasteiger partial charge is 0.387 e. The molecule has 15 heteroatoms.